The van der Waals surface area contributed by atoms with Crippen molar-refractivity contribution < 1.29 is 19.2 Å². The second kappa shape index (κ2) is 6.15. The van der Waals surface area contributed by atoms with Gasteiger partial charge in [0.15, 0.2) is 5.78 Å². The standard InChI is InChI=1S/C13H15NO5S2/c1-8(15)10-5-9(14(17)18)12(21-10)20-7-13(3-4-13)6-11(16)19-2/h5H,3-4,6-7H2,1-2H3. The molecule has 1 heterocycles. The van der Waals surface area contributed by atoms with Crippen molar-refractivity contribution in [3.8, 4) is 0 Å². The Morgan fingerprint density at radius 2 is 2.19 bits per heavy atom. The number of nitrogens with zero attached hydrogens (tertiary/aromatic N) is 1. The monoisotopic (exact) mass is 329 g/mol. The molecule has 0 bridgehead atoms. The quantitative estimate of drug-likeness (QED) is 0.251. The van der Waals surface area contributed by atoms with Crippen LogP contribution in [0.1, 0.15) is 35.9 Å². The van der Waals surface area contributed by atoms with E-state index in [0.717, 1.165) is 24.2 Å². The average Bonchev–Trinajstić information content (AvgIpc) is 3.03. The van der Waals surface area contributed by atoms with Gasteiger partial charge in [0.25, 0.3) is 5.69 Å². The number of hydrogen-bond acceptors (Lipinski definition) is 7. The number of carbonyl (C=O) groups is 2. The average molecular weight is 329 g/mol. The highest BCUT2D eigenvalue weighted by molar-refractivity contribution is 8.01. The first-order valence-corrected chi connectivity index (χ1v) is 8.16. The van der Waals surface area contributed by atoms with Gasteiger partial charge in [0, 0.05) is 11.8 Å². The maximum atomic E-state index is 11.4. The van der Waals surface area contributed by atoms with Crippen molar-refractivity contribution in [2.45, 2.75) is 30.4 Å². The second-order valence-corrected chi connectivity index (χ2v) is 7.43. The van der Waals surface area contributed by atoms with Crippen LogP contribution in [0.15, 0.2) is 10.3 Å². The van der Waals surface area contributed by atoms with E-state index in [2.05, 4.69) is 4.74 Å². The number of hydrogen-bond donors (Lipinski definition) is 0. The van der Waals surface area contributed by atoms with E-state index >= 15 is 0 Å². The number of esters is 1. The number of thiophene rings is 1. The normalized spacial score (nSPS) is 15.5. The summed E-state index contributed by atoms with van der Waals surface area (Å²) in [4.78, 5) is 33.7. The molecule has 0 atom stereocenters. The highest BCUT2D eigenvalue weighted by Crippen LogP contribution is 2.53. The molecule has 6 nitrogen and oxygen atoms in total. The number of carbonyl (C=O) groups excluding carboxylic acids is 2. The fourth-order valence-electron chi connectivity index (χ4n) is 1.91. The van der Waals surface area contributed by atoms with E-state index < -0.39 is 4.92 Å². The van der Waals surface area contributed by atoms with Crippen molar-refractivity contribution in [2.75, 3.05) is 12.9 Å². The van der Waals surface area contributed by atoms with Crippen LogP contribution in [0.5, 0.6) is 0 Å². The van der Waals surface area contributed by atoms with Gasteiger partial charge >= 0.3 is 5.97 Å². The molecule has 8 heteroatoms. The van der Waals surface area contributed by atoms with Crippen LogP contribution < -0.4 is 0 Å². The van der Waals surface area contributed by atoms with Crippen LogP contribution in [-0.4, -0.2) is 29.5 Å². The fraction of sp³-hybridized carbons (Fsp3) is 0.538. The summed E-state index contributed by atoms with van der Waals surface area (Å²) in [6.07, 6.45) is 2.19. The van der Waals surface area contributed by atoms with Gasteiger partial charge in [-0.1, -0.05) is 0 Å². The molecule has 0 aliphatic heterocycles. The number of thioether (sulfide) groups is 1. The Morgan fingerprint density at radius 3 is 2.67 bits per heavy atom. The van der Waals surface area contributed by atoms with E-state index in [1.54, 1.807) is 0 Å². The van der Waals surface area contributed by atoms with Gasteiger partial charge in [-0.2, -0.15) is 0 Å². The van der Waals surface area contributed by atoms with E-state index in [-0.39, 0.29) is 22.9 Å². The lowest BCUT2D eigenvalue weighted by molar-refractivity contribution is -0.387. The zero-order valence-corrected chi connectivity index (χ0v) is 13.3. The molecule has 0 spiro atoms. The molecular weight excluding hydrogens is 314 g/mol. The summed E-state index contributed by atoms with van der Waals surface area (Å²) in [6.45, 7) is 1.39. The van der Waals surface area contributed by atoms with Crippen molar-refractivity contribution in [1.82, 2.24) is 0 Å². The largest absolute Gasteiger partial charge is 0.469 e. The number of Topliss-reactive ketones (excluding diaryl/α,β-unsaturated/α-hetero) is 1. The van der Waals surface area contributed by atoms with Gasteiger partial charge in [0.05, 0.1) is 23.3 Å². The number of nitro groups is 1. The molecule has 1 saturated carbocycles. The van der Waals surface area contributed by atoms with E-state index in [1.807, 2.05) is 0 Å². The summed E-state index contributed by atoms with van der Waals surface area (Å²) in [5.74, 6) is 0.199. The van der Waals surface area contributed by atoms with Crippen LogP contribution in [0.25, 0.3) is 0 Å². The van der Waals surface area contributed by atoms with Gasteiger partial charge < -0.3 is 4.74 Å². The smallest absolute Gasteiger partial charge is 0.306 e. The molecule has 1 aromatic rings. The molecule has 1 fully saturated rings. The van der Waals surface area contributed by atoms with Crippen molar-refractivity contribution in [2.24, 2.45) is 5.41 Å². The van der Waals surface area contributed by atoms with Crippen molar-refractivity contribution >= 4 is 40.5 Å². The van der Waals surface area contributed by atoms with Gasteiger partial charge in [-0.3, -0.25) is 19.7 Å². The molecule has 1 aliphatic carbocycles. The Hall–Kier alpha value is -1.41. The molecule has 0 saturated heterocycles. The van der Waals surface area contributed by atoms with Crippen LogP contribution in [0, 0.1) is 15.5 Å². The number of ether oxygens (including phenoxy) is 1. The lowest BCUT2D eigenvalue weighted by Crippen LogP contribution is -2.12. The lowest BCUT2D eigenvalue weighted by Gasteiger charge is -2.11. The first-order chi connectivity index (χ1) is 9.87. The Kier molecular flexibility index (Phi) is 4.67. The van der Waals surface area contributed by atoms with E-state index in [1.165, 1.54) is 31.9 Å². The molecular formula is C13H15NO5S2. The minimum atomic E-state index is -0.467. The van der Waals surface area contributed by atoms with E-state index in [4.69, 9.17) is 0 Å². The summed E-state index contributed by atoms with van der Waals surface area (Å²) in [5.41, 5.74) is -0.129. The summed E-state index contributed by atoms with van der Waals surface area (Å²) in [5, 5.41) is 11.0. The molecule has 1 aromatic heterocycles. The Balaban J connectivity index is 2.08. The molecule has 1 aliphatic rings. The van der Waals surface area contributed by atoms with Crippen molar-refractivity contribution in [3.63, 3.8) is 0 Å². The van der Waals surface area contributed by atoms with Gasteiger partial charge in [-0.25, -0.2) is 0 Å². The third kappa shape index (κ3) is 3.82. The third-order valence-electron chi connectivity index (χ3n) is 3.44. The summed E-state index contributed by atoms with van der Waals surface area (Å²) in [6, 6.07) is 1.33. The van der Waals surface area contributed by atoms with Crippen LogP contribution in [0.3, 0.4) is 0 Å². The zero-order chi connectivity index (χ0) is 15.6. The minimum Gasteiger partial charge on any atom is -0.469 e. The summed E-state index contributed by atoms with van der Waals surface area (Å²) in [7, 11) is 1.36. The minimum absolute atomic E-state index is 0.0240. The highest BCUT2D eigenvalue weighted by Gasteiger charge is 2.45. The summed E-state index contributed by atoms with van der Waals surface area (Å²) < 4.78 is 5.21. The van der Waals surface area contributed by atoms with Crippen molar-refractivity contribution in [1.29, 1.82) is 0 Å². The maximum Gasteiger partial charge on any atom is 0.306 e. The molecule has 0 radical (unpaired) electrons. The number of rotatable bonds is 7. The Bertz CT molecular complexity index is 591. The zero-order valence-electron chi connectivity index (χ0n) is 11.7. The third-order valence-corrected chi connectivity index (χ3v) is 6.29. The highest BCUT2D eigenvalue weighted by atomic mass is 32.2. The van der Waals surface area contributed by atoms with Crippen LogP contribution in [0.4, 0.5) is 5.69 Å². The topological polar surface area (TPSA) is 86.5 Å². The van der Waals surface area contributed by atoms with E-state index in [0.29, 0.717) is 21.3 Å². The second-order valence-electron chi connectivity index (χ2n) is 5.14. The van der Waals surface area contributed by atoms with Gasteiger partial charge in [0.2, 0.25) is 0 Å². The molecule has 2 rings (SSSR count). The van der Waals surface area contributed by atoms with Gasteiger partial charge in [0.1, 0.15) is 4.21 Å². The van der Waals surface area contributed by atoms with Crippen molar-refractivity contribution in [3.05, 3.63) is 21.1 Å². The predicted molar refractivity (Wildman–Crippen MR) is 80.0 cm³/mol. The molecule has 0 amide bonds. The number of ketones is 1. The van der Waals surface area contributed by atoms with Crippen LogP contribution in [-0.2, 0) is 9.53 Å². The van der Waals surface area contributed by atoms with Gasteiger partial charge in [-0.15, -0.1) is 23.1 Å². The number of methoxy groups -OCH3 is 1. The molecule has 0 unspecified atom stereocenters. The van der Waals surface area contributed by atoms with E-state index in [9.17, 15) is 19.7 Å². The molecule has 114 valence electrons. The lowest BCUT2D eigenvalue weighted by atomic mass is 10.1. The Morgan fingerprint density at radius 1 is 1.52 bits per heavy atom. The summed E-state index contributed by atoms with van der Waals surface area (Å²) >= 11 is 2.50. The SMILES string of the molecule is COC(=O)CC1(CSc2sc(C(C)=O)cc2[N+](=O)[O-])CC1. The Labute approximate surface area is 130 Å². The van der Waals surface area contributed by atoms with Crippen LogP contribution in [0.2, 0.25) is 0 Å². The molecule has 21 heavy (non-hydrogen) atoms. The fourth-order valence-corrected chi connectivity index (χ4v) is 4.46. The van der Waals surface area contributed by atoms with Crippen LogP contribution >= 0.6 is 23.1 Å². The first kappa shape index (κ1) is 16.0. The first-order valence-electron chi connectivity index (χ1n) is 6.36. The predicted octanol–water partition coefficient (Wildman–Crippen LogP) is 3.29. The molecule has 0 N–H and O–H groups in total. The maximum absolute atomic E-state index is 11.4. The van der Waals surface area contributed by atoms with Gasteiger partial charge in [-0.05, 0) is 25.2 Å². The molecule has 0 aromatic carbocycles.